The number of esters is 1. The first-order chi connectivity index (χ1) is 12.4. The third kappa shape index (κ3) is 6.86. The predicted molar refractivity (Wildman–Crippen MR) is 113 cm³/mol. The van der Waals surface area contributed by atoms with Crippen LogP contribution < -0.4 is 0 Å². The van der Waals surface area contributed by atoms with Gasteiger partial charge in [-0.25, -0.2) is 4.79 Å². The molecular weight excluding hydrogens is 431 g/mol. The standard InChI is InChI=1S/C20H30BrO5P/c1-8-24-27(23,25-9-2)18(19(22)26-20(5,6)7)17(14(3)4)15-10-12-16(21)13-11-15/h10-14H,8-9H2,1-7H3/b18-17+. The molecule has 0 amide bonds. The SMILES string of the molecule is CCOP(=O)(OCC)/C(C(=O)OC(C)(C)C)=C(/c1ccc(Br)cc1)C(C)C. The van der Waals surface area contributed by atoms with Gasteiger partial charge >= 0.3 is 13.6 Å². The molecule has 0 aliphatic heterocycles. The van der Waals surface area contributed by atoms with Crippen LogP contribution in [0.2, 0.25) is 0 Å². The molecule has 0 saturated heterocycles. The first kappa shape index (κ1) is 24.1. The van der Waals surface area contributed by atoms with E-state index in [0.717, 1.165) is 10.0 Å². The summed E-state index contributed by atoms with van der Waals surface area (Å²) in [7, 11) is -3.87. The Morgan fingerprint density at radius 2 is 1.56 bits per heavy atom. The first-order valence-electron chi connectivity index (χ1n) is 9.08. The van der Waals surface area contributed by atoms with Gasteiger partial charge in [-0.3, -0.25) is 4.57 Å². The number of hydrogen-bond acceptors (Lipinski definition) is 5. The van der Waals surface area contributed by atoms with Gasteiger partial charge in [-0.05, 0) is 63.8 Å². The lowest BCUT2D eigenvalue weighted by molar-refractivity contribution is -0.149. The zero-order valence-corrected chi connectivity index (χ0v) is 19.6. The molecule has 0 unspecified atom stereocenters. The molecule has 0 N–H and O–H groups in total. The average Bonchev–Trinajstić information content (AvgIpc) is 2.51. The van der Waals surface area contributed by atoms with Gasteiger partial charge in [0.1, 0.15) is 5.60 Å². The largest absolute Gasteiger partial charge is 0.456 e. The van der Waals surface area contributed by atoms with Gasteiger partial charge in [0.2, 0.25) is 0 Å². The second kappa shape index (κ2) is 10.0. The zero-order chi connectivity index (χ0) is 20.8. The van der Waals surface area contributed by atoms with Crippen molar-refractivity contribution >= 4 is 35.1 Å². The molecule has 0 heterocycles. The van der Waals surface area contributed by atoms with Crippen LogP contribution in [0.15, 0.2) is 34.1 Å². The summed E-state index contributed by atoms with van der Waals surface area (Å²) in [4.78, 5) is 13.1. The number of carbonyl (C=O) groups excluding carboxylic acids is 1. The third-order valence-electron chi connectivity index (χ3n) is 3.45. The van der Waals surface area contributed by atoms with Crippen LogP contribution in [0.4, 0.5) is 0 Å². The van der Waals surface area contributed by atoms with Crippen LogP contribution in [-0.2, 0) is 23.1 Å². The summed E-state index contributed by atoms with van der Waals surface area (Å²) in [6.45, 7) is 12.9. The van der Waals surface area contributed by atoms with Gasteiger partial charge in [0, 0.05) is 4.47 Å². The van der Waals surface area contributed by atoms with Crippen LogP contribution in [-0.4, -0.2) is 24.8 Å². The van der Waals surface area contributed by atoms with Gasteiger partial charge < -0.3 is 13.8 Å². The van der Waals surface area contributed by atoms with Crippen molar-refractivity contribution in [2.45, 2.75) is 54.1 Å². The van der Waals surface area contributed by atoms with Crippen LogP contribution in [0.25, 0.3) is 5.57 Å². The van der Waals surface area contributed by atoms with Crippen molar-refractivity contribution in [3.05, 3.63) is 39.6 Å². The number of hydrogen-bond donors (Lipinski definition) is 0. The third-order valence-corrected chi connectivity index (χ3v) is 6.15. The number of allylic oxidation sites excluding steroid dienone is 1. The minimum atomic E-state index is -3.87. The molecule has 0 aromatic heterocycles. The summed E-state index contributed by atoms with van der Waals surface area (Å²) >= 11 is 3.41. The minimum absolute atomic E-state index is 0.0292. The Kier molecular flexibility index (Phi) is 8.94. The van der Waals surface area contributed by atoms with E-state index in [2.05, 4.69) is 15.9 Å². The van der Waals surface area contributed by atoms with E-state index in [1.807, 2.05) is 38.1 Å². The number of benzene rings is 1. The molecular formula is C20H30BrO5P. The Morgan fingerprint density at radius 3 is 1.93 bits per heavy atom. The summed E-state index contributed by atoms with van der Waals surface area (Å²) in [5, 5.41) is -0.0292. The van der Waals surface area contributed by atoms with E-state index in [-0.39, 0.29) is 24.4 Å². The molecule has 0 bridgehead atoms. The van der Waals surface area contributed by atoms with E-state index in [1.165, 1.54) is 0 Å². The maximum Gasteiger partial charge on any atom is 0.368 e. The Morgan fingerprint density at radius 1 is 1.07 bits per heavy atom. The Bertz CT molecular complexity index is 707. The number of ether oxygens (including phenoxy) is 1. The highest BCUT2D eigenvalue weighted by Crippen LogP contribution is 2.59. The molecule has 0 spiro atoms. The molecule has 0 atom stereocenters. The Hall–Kier alpha value is -0.940. The molecule has 0 aliphatic rings. The van der Waals surface area contributed by atoms with Gasteiger partial charge in [-0.1, -0.05) is 41.9 Å². The van der Waals surface area contributed by atoms with Gasteiger partial charge in [-0.15, -0.1) is 0 Å². The van der Waals surface area contributed by atoms with E-state index in [4.69, 9.17) is 13.8 Å². The molecule has 0 saturated carbocycles. The molecule has 0 fully saturated rings. The topological polar surface area (TPSA) is 61.8 Å². The van der Waals surface area contributed by atoms with Crippen molar-refractivity contribution in [2.24, 2.45) is 5.92 Å². The van der Waals surface area contributed by atoms with E-state index in [9.17, 15) is 9.36 Å². The fourth-order valence-electron chi connectivity index (χ4n) is 2.57. The van der Waals surface area contributed by atoms with E-state index in [0.29, 0.717) is 5.57 Å². The highest BCUT2D eigenvalue weighted by atomic mass is 79.9. The highest BCUT2D eigenvalue weighted by Gasteiger charge is 2.41. The average molecular weight is 461 g/mol. The normalized spacial score (nSPS) is 13.5. The molecule has 1 aromatic carbocycles. The van der Waals surface area contributed by atoms with Crippen molar-refractivity contribution in [2.75, 3.05) is 13.2 Å². The predicted octanol–water partition coefficient (Wildman–Crippen LogP) is 6.42. The fourth-order valence-corrected chi connectivity index (χ4v) is 4.80. The second-order valence-corrected chi connectivity index (χ2v) is 10.1. The second-order valence-electron chi connectivity index (χ2n) is 7.26. The lowest BCUT2D eigenvalue weighted by Gasteiger charge is -2.27. The van der Waals surface area contributed by atoms with Crippen LogP contribution in [0.3, 0.4) is 0 Å². The molecule has 0 aliphatic carbocycles. The fraction of sp³-hybridized carbons (Fsp3) is 0.550. The van der Waals surface area contributed by atoms with Crippen molar-refractivity contribution in [3.8, 4) is 0 Å². The highest BCUT2D eigenvalue weighted by molar-refractivity contribution is 9.10. The lowest BCUT2D eigenvalue weighted by atomic mass is 9.95. The molecule has 27 heavy (non-hydrogen) atoms. The lowest BCUT2D eigenvalue weighted by Crippen LogP contribution is -2.26. The molecule has 1 aromatic rings. The monoisotopic (exact) mass is 460 g/mol. The Labute approximate surface area is 171 Å². The zero-order valence-electron chi connectivity index (χ0n) is 17.2. The first-order valence-corrected chi connectivity index (χ1v) is 11.4. The van der Waals surface area contributed by atoms with Crippen molar-refractivity contribution in [1.29, 1.82) is 0 Å². The van der Waals surface area contributed by atoms with Gasteiger partial charge in [0.25, 0.3) is 0 Å². The van der Waals surface area contributed by atoms with Gasteiger partial charge in [0.05, 0.1) is 13.2 Å². The van der Waals surface area contributed by atoms with E-state index >= 15 is 0 Å². The van der Waals surface area contributed by atoms with Gasteiger partial charge in [0.15, 0.2) is 5.31 Å². The van der Waals surface area contributed by atoms with Crippen LogP contribution in [0.5, 0.6) is 0 Å². The van der Waals surface area contributed by atoms with E-state index in [1.54, 1.807) is 34.6 Å². The summed E-state index contributed by atoms with van der Waals surface area (Å²) in [5.74, 6) is -0.790. The summed E-state index contributed by atoms with van der Waals surface area (Å²) in [6, 6.07) is 7.48. The number of carbonyl (C=O) groups is 1. The summed E-state index contributed by atoms with van der Waals surface area (Å²) in [6.07, 6.45) is 0. The molecule has 5 nitrogen and oxygen atoms in total. The number of halogens is 1. The maximum atomic E-state index is 13.6. The van der Waals surface area contributed by atoms with Crippen molar-refractivity contribution in [1.82, 2.24) is 0 Å². The van der Waals surface area contributed by atoms with Crippen LogP contribution in [0.1, 0.15) is 54.0 Å². The maximum absolute atomic E-state index is 13.6. The van der Waals surface area contributed by atoms with Gasteiger partial charge in [-0.2, -0.15) is 0 Å². The van der Waals surface area contributed by atoms with Crippen molar-refractivity contribution in [3.63, 3.8) is 0 Å². The molecule has 0 radical (unpaired) electrons. The smallest absolute Gasteiger partial charge is 0.368 e. The summed E-state index contributed by atoms with van der Waals surface area (Å²) in [5.41, 5.74) is 0.628. The molecule has 1 rings (SSSR count). The van der Waals surface area contributed by atoms with Crippen LogP contribution in [0, 0.1) is 5.92 Å². The summed E-state index contributed by atoms with van der Waals surface area (Å²) < 4.78 is 31.1. The molecule has 152 valence electrons. The molecule has 7 heteroatoms. The number of rotatable bonds is 8. The quantitative estimate of drug-likeness (QED) is 0.254. The van der Waals surface area contributed by atoms with E-state index < -0.39 is 19.2 Å². The van der Waals surface area contributed by atoms with Crippen molar-refractivity contribution < 1.29 is 23.1 Å². The minimum Gasteiger partial charge on any atom is -0.456 e. The Balaban J connectivity index is 3.78. The van der Waals surface area contributed by atoms with Crippen LogP contribution >= 0.6 is 23.5 Å².